The quantitative estimate of drug-likeness (QED) is 0.525. The van der Waals surface area contributed by atoms with E-state index in [2.05, 4.69) is 9.60 Å². The van der Waals surface area contributed by atoms with Crippen LogP contribution in [0.1, 0.15) is 17.3 Å². The largest absolute Gasteiger partial charge is 0.496 e. The van der Waals surface area contributed by atoms with Crippen LogP contribution in [0.3, 0.4) is 0 Å². The van der Waals surface area contributed by atoms with Gasteiger partial charge in [0.1, 0.15) is 23.1 Å². The Bertz CT molecular complexity index is 741. The summed E-state index contributed by atoms with van der Waals surface area (Å²) in [6.45, 7) is 1.44. The van der Waals surface area contributed by atoms with Crippen LogP contribution in [-0.4, -0.2) is 56.2 Å². The normalized spacial score (nSPS) is 20.3. The summed E-state index contributed by atoms with van der Waals surface area (Å²) in [6.07, 6.45) is 0. The number of hydroxylamine groups is 2. The molecule has 0 spiro atoms. The van der Waals surface area contributed by atoms with Crippen LogP contribution < -0.4 is 14.8 Å². The van der Waals surface area contributed by atoms with Crippen LogP contribution >= 0.6 is 0 Å². The fourth-order valence-corrected chi connectivity index (χ4v) is 2.69. The monoisotopic (exact) mass is 360 g/mol. The van der Waals surface area contributed by atoms with Gasteiger partial charge in [0.15, 0.2) is 0 Å². The second kappa shape index (κ2) is 6.63. The second-order valence-corrected chi connectivity index (χ2v) is 5.90. The van der Waals surface area contributed by atoms with Gasteiger partial charge in [-0.2, -0.15) is 13.5 Å². The Morgan fingerprint density at radius 2 is 1.79 bits per heavy atom. The molecule has 0 aromatic heterocycles. The van der Waals surface area contributed by atoms with E-state index in [1.54, 1.807) is 18.2 Å². The first-order valence-corrected chi connectivity index (χ1v) is 8.08. The number of amides is 2. The summed E-state index contributed by atoms with van der Waals surface area (Å²) in [6, 6.07) is 2.92. The number of nitrogens with zero attached hydrogens (tertiary/aromatic N) is 1. The first kappa shape index (κ1) is 18.0. The zero-order valence-electron chi connectivity index (χ0n) is 13.0. The van der Waals surface area contributed by atoms with Gasteiger partial charge in [0, 0.05) is 0 Å². The minimum Gasteiger partial charge on any atom is -0.496 e. The summed E-state index contributed by atoms with van der Waals surface area (Å²) in [5, 5.41) is 2.91. The van der Waals surface area contributed by atoms with Gasteiger partial charge in [-0.1, -0.05) is 6.07 Å². The van der Waals surface area contributed by atoms with Gasteiger partial charge < -0.3 is 14.8 Å². The summed E-state index contributed by atoms with van der Waals surface area (Å²) in [4.78, 5) is 24.3. The molecule has 1 fully saturated rings. The molecule has 0 aliphatic carbocycles. The van der Waals surface area contributed by atoms with Crippen molar-refractivity contribution in [2.75, 3.05) is 14.2 Å². The van der Waals surface area contributed by atoms with E-state index in [1.165, 1.54) is 21.1 Å². The molecule has 0 radical (unpaired) electrons. The standard InChI is InChI=1S/C13H16N2O8S/c1-7-11(13(17)15(7)23-24(18,19)20)14-12(16)10-8(21-2)5-4-6-9(10)22-3/h4-7,11H,1-3H3,(H,14,16)(H,18,19,20)/t7-,11+/m1/s1. The summed E-state index contributed by atoms with van der Waals surface area (Å²) in [7, 11) is -2.06. The Kier molecular flexibility index (Phi) is 4.96. The maximum Gasteiger partial charge on any atom is 0.418 e. The van der Waals surface area contributed by atoms with Crippen LogP contribution in [0.25, 0.3) is 0 Å². The lowest BCUT2D eigenvalue weighted by Crippen LogP contribution is -2.69. The Morgan fingerprint density at radius 3 is 2.21 bits per heavy atom. The van der Waals surface area contributed by atoms with Crippen LogP contribution in [0, 0.1) is 0 Å². The van der Waals surface area contributed by atoms with Gasteiger partial charge in [0.05, 0.1) is 20.3 Å². The highest BCUT2D eigenvalue weighted by Gasteiger charge is 2.49. The van der Waals surface area contributed by atoms with Gasteiger partial charge in [-0.3, -0.25) is 14.1 Å². The predicted molar refractivity (Wildman–Crippen MR) is 79.7 cm³/mol. The van der Waals surface area contributed by atoms with E-state index in [4.69, 9.17) is 14.0 Å². The highest BCUT2D eigenvalue weighted by atomic mass is 32.3. The number of hydrogen-bond acceptors (Lipinski definition) is 7. The molecule has 2 atom stereocenters. The molecule has 0 bridgehead atoms. The van der Waals surface area contributed by atoms with Crippen LogP contribution in [0.5, 0.6) is 11.5 Å². The first-order valence-electron chi connectivity index (χ1n) is 6.71. The van der Waals surface area contributed by atoms with Gasteiger partial charge in [-0.15, -0.1) is 4.28 Å². The lowest BCUT2D eigenvalue weighted by Gasteiger charge is -2.42. The second-order valence-electron chi connectivity index (χ2n) is 4.90. The van der Waals surface area contributed by atoms with E-state index in [1.807, 2.05) is 0 Å². The van der Waals surface area contributed by atoms with Crippen LogP contribution in [0.4, 0.5) is 0 Å². The SMILES string of the molecule is COc1cccc(OC)c1C(=O)N[C@@H]1C(=O)N(OS(=O)(=O)O)[C@@H]1C. The van der Waals surface area contributed by atoms with Crippen molar-refractivity contribution >= 4 is 22.2 Å². The van der Waals surface area contributed by atoms with Crippen molar-refractivity contribution in [1.82, 2.24) is 10.4 Å². The van der Waals surface area contributed by atoms with Crippen molar-refractivity contribution in [1.29, 1.82) is 0 Å². The van der Waals surface area contributed by atoms with Gasteiger partial charge in [0.25, 0.3) is 11.8 Å². The number of methoxy groups -OCH3 is 2. The van der Waals surface area contributed by atoms with Gasteiger partial charge in [-0.25, -0.2) is 0 Å². The minimum atomic E-state index is -4.82. The molecule has 1 aliphatic rings. The molecular formula is C13H16N2O8S. The van der Waals surface area contributed by atoms with Gasteiger partial charge in [-0.05, 0) is 19.1 Å². The molecule has 1 heterocycles. The predicted octanol–water partition coefficient (Wildman–Crippen LogP) is -0.233. The molecule has 1 aliphatic heterocycles. The Morgan fingerprint density at radius 1 is 1.25 bits per heavy atom. The highest BCUT2D eigenvalue weighted by molar-refractivity contribution is 7.80. The summed E-state index contributed by atoms with van der Waals surface area (Å²) < 4.78 is 44.3. The van der Waals surface area contributed by atoms with Crippen LogP contribution in [-0.2, 0) is 19.5 Å². The molecule has 2 amide bonds. The number of ether oxygens (including phenoxy) is 2. The average molecular weight is 360 g/mol. The zero-order chi connectivity index (χ0) is 18.1. The van der Waals surface area contributed by atoms with E-state index in [9.17, 15) is 18.0 Å². The van der Waals surface area contributed by atoms with Crippen molar-refractivity contribution < 1.29 is 36.3 Å². The van der Waals surface area contributed by atoms with Crippen molar-refractivity contribution in [3.63, 3.8) is 0 Å². The molecule has 1 saturated heterocycles. The molecule has 132 valence electrons. The average Bonchev–Trinajstić information content (AvgIpc) is 2.55. The number of rotatable bonds is 6. The Balaban J connectivity index is 2.16. The van der Waals surface area contributed by atoms with E-state index in [-0.39, 0.29) is 17.1 Å². The molecule has 2 rings (SSSR count). The molecule has 0 unspecified atom stereocenters. The van der Waals surface area contributed by atoms with Gasteiger partial charge >= 0.3 is 10.4 Å². The number of carbonyl (C=O) groups is 2. The third kappa shape index (κ3) is 3.42. The first-order chi connectivity index (χ1) is 11.2. The number of β-lactam (4-membered cyclic amide) rings is 1. The minimum absolute atomic E-state index is 0.0941. The molecule has 0 saturated carbocycles. The van der Waals surface area contributed by atoms with Crippen molar-refractivity contribution in [2.24, 2.45) is 0 Å². The molecular weight excluding hydrogens is 344 g/mol. The van der Waals surface area contributed by atoms with Crippen LogP contribution in [0.2, 0.25) is 0 Å². The van der Waals surface area contributed by atoms with E-state index in [0.29, 0.717) is 5.06 Å². The number of nitrogens with one attached hydrogen (secondary N) is 1. The number of hydrogen-bond donors (Lipinski definition) is 2. The van der Waals surface area contributed by atoms with Crippen LogP contribution in [0.15, 0.2) is 18.2 Å². The maximum absolute atomic E-state index is 12.4. The topological polar surface area (TPSA) is 131 Å². The number of benzene rings is 1. The molecule has 1 aromatic rings. The summed E-state index contributed by atoms with van der Waals surface area (Å²) in [5.41, 5.74) is 0.0941. The molecule has 1 aromatic carbocycles. The van der Waals surface area contributed by atoms with Gasteiger partial charge in [0.2, 0.25) is 0 Å². The fourth-order valence-electron chi connectivity index (χ4n) is 2.27. The van der Waals surface area contributed by atoms with Crippen molar-refractivity contribution in [3.05, 3.63) is 23.8 Å². The molecule has 24 heavy (non-hydrogen) atoms. The molecule has 11 heteroatoms. The molecule has 10 nitrogen and oxygen atoms in total. The Hall–Kier alpha value is -2.37. The highest BCUT2D eigenvalue weighted by Crippen LogP contribution is 2.29. The Labute approximate surface area is 138 Å². The number of carbonyl (C=O) groups excluding carboxylic acids is 2. The smallest absolute Gasteiger partial charge is 0.418 e. The zero-order valence-corrected chi connectivity index (χ0v) is 13.9. The molecule has 2 N–H and O–H groups in total. The van der Waals surface area contributed by atoms with E-state index in [0.717, 1.165) is 0 Å². The fraction of sp³-hybridized carbons (Fsp3) is 0.385. The lowest BCUT2D eigenvalue weighted by atomic mass is 9.99. The summed E-state index contributed by atoms with van der Waals surface area (Å²) >= 11 is 0. The maximum atomic E-state index is 12.4. The third-order valence-electron chi connectivity index (χ3n) is 3.45. The van der Waals surface area contributed by atoms with E-state index < -0.39 is 34.3 Å². The summed E-state index contributed by atoms with van der Waals surface area (Å²) in [5.74, 6) is -0.960. The van der Waals surface area contributed by atoms with Crippen molar-refractivity contribution in [2.45, 2.75) is 19.0 Å². The van der Waals surface area contributed by atoms with Crippen molar-refractivity contribution in [3.8, 4) is 11.5 Å². The lowest BCUT2D eigenvalue weighted by molar-refractivity contribution is -0.195. The van der Waals surface area contributed by atoms with E-state index >= 15 is 0 Å². The third-order valence-corrected chi connectivity index (χ3v) is 3.80.